The molecule has 0 amide bonds. The third-order valence-corrected chi connectivity index (χ3v) is 1.85. The van der Waals surface area contributed by atoms with E-state index in [-0.39, 0.29) is 5.69 Å². The Kier molecular flexibility index (Phi) is 1.99. The van der Waals surface area contributed by atoms with Crippen LogP contribution in [0.5, 0.6) is 0 Å². The lowest BCUT2D eigenvalue weighted by atomic mass is 10.4. The first-order chi connectivity index (χ1) is 6.72. The highest BCUT2D eigenvalue weighted by atomic mass is 16.5. The van der Waals surface area contributed by atoms with Crippen molar-refractivity contribution in [3.63, 3.8) is 0 Å². The number of fused-ring (bicyclic) bond motifs is 1. The minimum absolute atomic E-state index is 0.273. The molecule has 0 unspecified atom stereocenters. The molecule has 0 saturated carbocycles. The van der Waals surface area contributed by atoms with Crippen LogP contribution in [0.4, 0.5) is 0 Å². The van der Waals surface area contributed by atoms with Crippen LogP contribution in [0, 0.1) is 6.92 Å². The lowest BCUT2D eigenvalue weighted by Crippen LogP contribution is -2.05. The third kappa shape index (κ3) is 1.26. The maximum Gasteiger partial charge on any atom is 0.358 e. The number of hydrogen-bond donors (Lipinski definition) is 0. The van der Waals surface area contributed by atoms with Crippen molar-refractivity contribution in [1.29, 1.82) is 0 Å². The fourth-order valence-electron chi connectivity index (χ4n) is 1.20. The standard InChI is InChI=1S/C9H10N2O3/c1-3-13-9(12)7-4-8-11(10-7)6(2)5-14-8/h4-5H,3H2,1-2H3. The van der Waals surface area contributed by atoms with Gasteiger partial charge in [0.25, 0.3) is 0 Å². The molecule has 0 bridgehead atoms. The van der Waals surface area contributed by atoms with Gasteiger partial charge < -0.3 is 9.15 Å². The Morgan fingerprint density at radius 3 is 3.14 bits per heavy atom. The topological polar surface area (TPSA) is 56.7 Å². The molecule has 5 heteroatoms. The summed E-state index contributed by atoms with van der Waals surface area (Å²) in [5.41, 5.74) is 1.66. The molecule has 0 aromatic carbocycles. The van der Waals surface area contributed by atoms with Crippen molar-refractivity contribution in [3.8, 4) is 0 Å². The van der Waals surface area contributed by atoms with Gasteiger partial charge in [0.1, 0.15) is 6.26 Å². The fraction of sp³-hybridized carbons (Fsp3) is 0.333. The Balaban J connectivity index is 2.40. The lowest BCUT2D eigenvalue weighted by Gasteiger charge is -1.95. The maximum absolute atomic E-state index is 11.3. The number of esters is 1. The van der Waals surface area contributed by atoms with Gasteiger partial charge in [-0.3, -0.25) is 0 Å². The van der Waals surface area contributed by atoms with Gasteiger partial charge in [-0.2, -0.15) is 5.10 Å². The quantitative estimate of drug-likeness (QED) is 0.678. The Labute approximate surface area is 80.3 Å². The molecule has 0 spiro atoms. The number of carbonyl (C=O) groups is 1. The molecule has 2 heterocycles. The Bertz CT molecular complexity index is 469. The number of aryl methyl sites for hydroxylation is 1. The van der Waals surface area contributed by atoms with Gasteiger partial charge in [-0.15, -0.1) is 0 Å². The highest BCUT2D eigenvalue weighted by Gasteiger charge is 2.14. The summed E-state index contributed by atoms with van der Waals surface area (Å²) in [6, 6.07) is 1.56. The van der Waals surface area contributed by atoms with Crippen molar-refractivity contribution in [3.05, 3.63) is 23.7 Å². The molecule has 0 radical (unpaired) electrons. The van der Waals surface area contributed by atoms with Crippen LogP contribution < -0.4 is 0 Å². The van der Waals surface area contributed by atoms with Gasteiger partial charge in [0.2, 0.25) is 5.71 Å². The minimum Gasteiger partial charge on any atom is -0.461 e. The van der Waals surface area contributed by atoms with E-state index in [9.17, 15) is 4.79 Å². The summed E-state index contributed by atoms with van der Waals surface area (Å²) in [5, 5.41) is 4.04. The van der Waals surface area contributed by atoms with Crippen molar-refractivity contribution >= 4 is 11.7 Å². The van der Waals surface area contributed by atoms with Crippen LogP contribution >= 0.6 is 0 Å². The molecule has 0 aliphatic rings. The van der Waals surface area contributed by atoms with Gasteiger partial charge >= 0.3 is 5.97 Å². The van der Waals surface area contributed by atoms with E-state index >= 15 is 0 Å². The first-order valence-corrected chi connectivity index (χ1v) is 4.33. The Morgan fingerprint density at radius 2 is 2.50 bits per heavy atom. The van der Waals surface area contributed by atoms with Crippen molar-refractivity contribution in [1.82, 2.24) is 9.61 Å². The Morgan fingerprint density at radius 1 is 1.71 bits per heavy atom. The molecule has 14 heavy (non-hydrogen) atoms. The second kappa shape index (κ2) is 3.17. The van der Waals surface area contributed by atoms with Crippen molar-refractivity contribution in [2.45, 2.75) is 13.8 Å². The summed E-state index contributed by atoms with van der Waals surface area (Å²) in [4.78, 5) is 11.3. The molecule has 2 aromatic rings. The summed E-state index contributed by atoms with van der Waals surface area (Å²) < 4.78 is 11.5. The molecule has 5 nitrogen and oxygen atoms in total. The van der Waals surface area contributed by atoms with Crippen LogP contribution in [-0.4, -0.2) is 22.2 Å². The maximum atomic E-state index is 11.3. The van der Waals surface area contributed by atoms with E-state index in [4.69, 9.17) is 9.15 Å². The highest BCUT2D eigenvalue weighted by molar-refractivity contribution is 5.88. The van der Waals surface area contributed by atoms with Crippen molar-refractivity contribution < 1.29 is 13.9 Å². The van der Waals surface area contributed by atoms with E-state index in [1.165, 1.54) is 0 Å². The molecule has 0 N–H and O–H groups in total. The second-order valence-electron chi connectivity index (χ2n) is 2.88. The monoisotopic (exact) mass is 194 g/mol. The number of aromatic nitrogens is 2. The molecular weight excluding hydrogens is 184 g/mol. The van der Waals surface area contributed by atoms with Gasteiger partial charge in [0.05, 0.1) is 12.3 Å². The summed E-state index contributed by atoms with van der Waals surface area (Å²) in [5.74, 6) is -0.425. The van der Waals surface area contributed by atoms with Gasteiger partial charge in [0.15, 0.2) is 5.69 Å². The number of ether oxygens (including phenoxy) is 1. The molecule has 0 saturated heterocycles. The van der Waals surface area contributed by atoms with Gasteiger partial charge in [0, 0.05) is 6.07 Å². The van der Waals surface area contributed by atoms with Gasteiger partial charge in [-0.1, -0.05) is 0 Å². The number of rotatable bonds is 2. The molecule has 0 fully saturated rings. The van der Waals surface area contributed by atoms with Crippen LogP contribution in [0.1, 0.15) is 23.1 Å². The predicted octanol–water partition coefficient (Wildman–Crippen LogP) is 1.41. The smallest absolute Gasteiger partial charge is 0.358 e. The number of nitrogens with zero attached hydrogens (tertiary/aromatic N) is 2. The number of oxazole rings is 1. The SMILES string of the molecule is CCOC(=O)c1cc2occ(C)n2n1. The predicted molar refractivity (Wildman–Crippen MR) is 48.2 cm³/mol. The third-order valence-electron chi connectivity index (χ3n) is 1.85. The molecular formula is C9H10N2O3. The summed E-state index contributed by atoms with van der Waals surface area (Å²) in [6.07, 6.45) is 1.58. The molecule has 2 aromatic heterocycles. The van der Waals surface area contributed by atoms with E-state index in [1.807, 2.05) is 6.92 Å². The van der Waals surface area contributed by atoms with Crippen LogP contribution in [0.25, 0.3) is 5.71 Å². The summed E-state index contributed by atoms with van der Waals surface area (Å²) in [7, 11) is 0. The van der Waals surface area contributed by atoms with Gasteiger partial charge in [-0.05, 0) is 13.8 Å². The van der Waals surface area contributed by atoms with Crippen molar-refractivity contribution in [2.24, 2.45) is 0 Å². The van der Waals surface area contributed by atoms with E-state index in [2.05, 4.69) is 5.10 Å². The van der Waals surface area contributed by atoms with Gasteiger partial charge in [-0.25, -0.2) is 9.31 Å². The lowest BCUT2D eigenvalue weighted by molar-refractivity contribution is 0.0519. The zero-order valence-electron chi connectivity index (χ0n) is 7.98. The van der Waals surface area contributed by atoms with Crippen LogP contribution in [0.15, 0.2) is 16.7 Å². The minimum atomic E-state index is -0.425. The number of carbonyl (C=O) groups excluding carboxylic acids is 1. The zero-order chi connectivity index (χ0) is 10.1. The molecule has 74 valence electrons. The van der Waals surface area contributed by atoms with Crippen LogP contribution in [-0.2, 0) is 4.74 Å². The zero-order valence-corrected chi connectivity index (χ0v) is 7.98. The first-order valence-electron chi connectivity index (χ1n) is 4.33. The van der Waals surface area contributed by atoms with Crippen LogP contribution in [0.3, 0.4) is 0 Å². The van der Waals surface area contributed by atoms with Crippen LogP contribution in [0.2, 0.25) is 0 Å². The molecule has 0 aliphatic carbocycles. The summed E-state index contributed by atoms with van der Waals surface area (Å²) >= 11 is 0. The highest BCUT2D eigenvalue weighted by Crippen LogP contribution is 2.11. The van der Waals surface area contributed by atoms with E-state index in [0.29, 0.717) is 12.3 Å². The molecule has 2 rings (SSSR count). The fourth-order valence-corrected chi connectivity index (χ4v) is 1.20. The molecule has 0 aliphatic heterocycles. The molecule has 0 atom stereocenters. The van der Waals surface area contributed by atoms with E-state index < -0.39 is 5.97 Å². The largest absolute Gasteiger partial charge is 0.461 e. The van der Waals surface area contributed by atoms with Crippen molar-refractivity contribution in [2.75, 3.05) is 6.61 Å². The average molecular weight is 194 g/mol. The van der Waals surface area contributed by atoms with E-state index in [1.54, 1.807) is 23.8 Å². The Hall–Kier alpha value is -1.78. The first kappa shape index (κ1) is 8.80. The number of hydrogen-bond acceptors (Lipinski definition) is 4. The summed E-state index contributed by atoms with van der Waals surface area (Å²) in [6.45, 7) is 3.94. The van der Waals surface area contributed by atoms with E-state index in [0.717, 1.165) is 5.69 Å². The second-order valence-corrected chi connectivity index (χ2v) is 2.88. The average Bonchev–Trinajstić information content (AvgIpc) is 2.69. The normalized spacial score (nSPS) is 10.7.